The Morgan fingerprint density at radius 3 is 2.39 bits per heavy atom. The number of aliphatic hydroxyl groups excluding tert-OH is 1. The molecule has 0 bridgehead atoms. The van der Waals surface area contributed by atoms with Crippen molar-refractivity contribution in [2.75, 3.05) is 18.6 Å². The second-order valence-corrected chi connectivity index (χ2v) is 8.02. The Labute approximate surface area is 184 Å². The molecule has 0 fully saturated rings. The zero-order chi connectivity index (χ0) is 22.9. The molecule has 3 rings (SSSR count). The number of anilines is 1. The maximum absolute atomic E-state index is 15.2. The van der Waals surface area contributed by atoms with Gasteiger partial charge in [0.25, 0.3) is 5.78 Å². The Balaban J connectivity index is 2.31. The summed E-state index contributed by atoms with van der Waals surface area (Å²) in [6, 6.07) is 2.29. The molecule has 0 spiro atoms. The lowest BCUT2D eigenvalue weighted by molar-refractivity contribution is 0.305. The standard InChI is InChI=1S/C22H24ClF2N5O/c1-12(2)13(3)29(5)21-19(20(23)27-22-26-14(4)28-30(21)22)18-16(24)10-15(11-17(18)25)8-6-7-9-31/h10-13,31H,7,9H2,1-5H3. The summed E-state index contributed by atoms with van der Waals surface area (Å²) in [7, 11) is 1.82. The van der Waals surface area contributed by atoms with E-state index in [2.05, 4.69) is 40.8 Å². The zero-order valence-electron chi connectivity index (χ0n) is 18.0. The van der Waals surface area contributed by atoms with Gasteiger partial charge in [0.2, 0.25) is 0 Å². The van der Waals surface area contributed by atoms with Crippen LogP contribution in [0.4, 0.5) is 14.6 Å². The lowest BCUT2D eigenvalue weighted by atomic mass is 10.0. The number of aryl methyl sites for hydroxylation is 1. The molecular formula is C22H24ClF2N5O. The van der Waals surface area contributed by atoms with E-state index in [1.165, 1.54) is 4.52 Å². The van der Waals surface area contributed by atoms with Gasteiger partial charge in [0.05, 0.1) is 17.7 Å². The first-order valence-electron chi connectivity index (χ1n) is 9.90. The molecule has 9 heteroatoms. The van der Waals surface area contributed by atoms with Crippen LogP contribution >= 0.6 is 11.6 Å². The van der Waals surface area contributed by atoms with E-state index in [1.807, 2.05) is 18.9 Å². The van der Waals surface area contributed by atoms with E-state index in [9.17, 15) is 0 Å². The Hall–Kier alpha value is -2.76. The molecule has 0 amide bonds. The third-order valence-corrected chi connectivity index (χ3v) is 5.47. The van der Waals surface area contributed by atoms with Gasteiger partial charge < -0.3 is 10.0 Å². The topological polar surface area (TPSA) is 66.6 Å². The van der Waals surface area contributed by atoms with E-state index in [0.29, 0.717) is 11.6 Å². The van der Waals surface area contributed by atoms with E-state index in [0.717, 1.165) is 12.1 Å². The fraction of sp³-hybridized carbons (Fsp3) is 0.409. The second kappa shape index (κ2) is 9.16. The second-order valence-electron chi connectivity index (χ2n) is 7.66. The number of rotatable bonds is 5. The number of nitrogens with zero attached hydrogens (tertiary/aromatic N) is 5. The summed E-state index contributed by atoms with van der Waals surface area (Å²) in [6.45, 7) is 7.69. The van der Waals surface area contributed by atoms with Crippen LogP contribution in [-0.4, -0.2) is 44.4 Å². The van der Waals surface area contributed by atoms with E-state index in [1.54, 1.807) is 6.92 Å². The van der Waals surface area contributed by atoms with Gasteiger partial charge >= 0.3 is 0 Å². The minimum absolute atomic E-state index is 0.000308. The number of fused-ring (bicyclic) bond motifs is 1. The summed E-state index contributed by atoms with van der Waals surface area (Å²) in [5, 5.41) is 13.1. The van der Waals surface area contributed by atoms with E-state index in [-0.39, 0.29) is 52.6 Å². The minimum Gasteiger partial charge on any atom is -0.395 e. The van der Waals surface area contributed by atoms with Crippen LogP contribution in [0.25, 0.3) is 16.9 Å². The Morgan fingerprint density at radius 2 is 1.81 bits per heavy atom. The van der Waals surface area contributed by atoms with Gasteiger partial charge in [-0.2, -0.15) is 14.5 Å². The molecule has 1 aromatic carbocycles. The van der Waals surface area contributed by atoms with Crippen LogP contribution in [-0.2, 0) is 0 Å². The predicted octanol–water partition coefficient (Wildman–Crippen LogP) is 4.25. The maximum Gasteiger partial charge on any atom is 0.255 e. The van der Waals surface area contributed by atoms with Crippen LogP contribution in [0.1, 0.15) is 38.6 Å². The summed E-state index contributed by atoms with van der Waals surface area (Å²) in [6.07, 6.45) is 0.213. The summed E-state index contributed by atoms with van der Waals surface area (Å²) in [5.41, 5.74) is -0.0450. The fourth-order valence-electron chi connectivity index (χ4n) is 3.25. The highest BCUT2D eigenvalue weighted by atomic mass is 35.5. The normalized spacial score (nSPS) is 12.2. The summed E-state index contributed by atoms with van der Waals surface area (Å²) in [5.74, 6) is 5.01. The lowest BCUT2D eigenvalue weighted by Gasteiger charge is -2.31. The highest BCUT2D eigenvalue weighted by Gasteiger charge is 2.28. The molecule has 0 saturated heterocycles. The van der Waals surface area contributed by atoms with Gasteiger partial charge in [-0.3, -0.25) is 0 Å². The van der Waals surface area contributed by atoms with Crippen LogP contribution in [0.5, 0.6) is 0 Å². The summed E-state index contributed by atoms with van der Waals surface area (Å²) >= 11 is 6.46. The quantitative estimate of drug-likeness (QED) is 0.468. The van der Waals surface area contributed by atoms with Crippen molar-refractivity contribution >= 4 is 23.2 Å². The fourth-order valence-corrected chi connectivity index (χ4v) is 3.50. The highest BCUT2D eigenvalue weighted by Crippen LogP contribution is 2.40. The van der Waals surface area contributed by atoms with E-state index >= 15 is 8.78 Å². The predicted molar refractivity (Wildman–Crippen MR) is 117 cm³/mol. The van der Waals surface area contributed by atoms with Crippen molar-refractivity contribution in [3.05, 3.63) is 40.3 Å². The number of halogens is 3. The zero-order valence-corrected chi connectivity index (χ0v) is 18.8. The average Bonchev–Trinajstić information content (AvgIpc) is 3.06. The third-order valence-electron chi connectivity index (χ3n) is 5.20. The molecular weight excluding hydrogens is 424 g/mol. The summed E-state index contributed by atoms with van der Waals surface area (Å²) < 4.78 is 31.8. The molecule has 0 aliphatic carbocycles. The molecule has 31 heavy (non-hydrogen) atoms. The SMILES string of the molecule is Cc1nc2nc(Cl)c(-c3c(F)cc(C#CCCO)cc3F)c(N(C)C(C)C(C)C)n2n1. The van der Waals surface area contributed by atoms with E-state index in [4.69, 9.17) is 16.7 Å². The molecule has 1 atom stereocenters. The largest absolute Gasteiger partial charge is 0.395 e. The molecule has 0 aliphatic rings. The number of hydrogen-bond donors (Lipinski definition) is 1. The lowest BCUT2D eigenvalue weighted by Crippen LogP contribution is -2.35. The number of aromatic nitrogens is 4. The Bertz CT molecular complexity index is 1160. The molecule has 6 nitrogen and oxygen atoms in total. The number of hydrogen-bond acceptors (Lipinski definition) is 5. The van der Waals surface area contributed by atoms with Gasteiger partial charge in [-0.1, -0.05) is 37.3 Å². The highest BCUT2D eigenvalue weighted by molar-refractivity contribution is 6.33. The van der Waals surface area contributed by atoms with Gasteiger partial charge in [-0.15, -0.1) is 5.10 Å². The maximum atomic E-state index is 15.2. The Morgan fingerprint density at radius 1 is 1.16 bits per heavy atom. The van der Waals surface area contributed by atoms with E-state index < -0.39 is 11.6 Å². The first-order valence-corrected chi connectivity index (χ1v) is 10.3. The molecule has 3 aromatic rings. The van der Waals surface area contributed by atoms with Crippen LogP contribution in [0, 0.1) is 36.3 Å². The average molecular weight is 448 g/mol. The van der Waals surface area contributed by atoms with Crippen molar-refractivity contribution in [1.29, 1.82) is 0 Å². The minimum atomic E-state index is -0.819. The van der Waals surface area contributed by atoms with Gasteiger partial charge in [0.1, 0.15) is 28.4 Å². The molecule has 2 aromatic heterocycles. The molecule has 2 heterocycles. The van der Waals surface area contributed by atoms with Gasteiger partial charge in [0, 0.05) is 25.1 Å². The number of aliphatic hydroxyl groups is 1. The summed E-state index contributed by atoms with van der Waals surface area (Å²) in [4.78, 5) is 10.4. The van der Waals surface area contributed by atoms with Crippen molar-refractivity contribution in [1.82, 2.24) is 19.6 Å². The molecule has 0 aliphatic heterocycles. The van der Waals surface area contributed by atoms with Crippen LogP contribution < -0.4 is 4.90 Å². The van der Waals surface area contributed by atoms with Gasteiger partial charge in [-0.05, 0) is 31.9 Å². The Kier molecular flexibility index (Phi) is 6.77. The van der Waals surface area contributed by atoms with Crippen LogP contribution in [0.3, 0.4) is 0 Å². The van der Waals surface area contributed by atoms with Crippen LogP contribution in [0.2, 0.25) is 5.15 Å². The third kappa shape index (κ3) is 4.48. The van der Waals surface area contributed by atoms with Crippen molar-refractivity contribution in [2.45, 2.75) is 40.2 Å². The smallest absolute Gasteiger partial charge is 0.255 e. The van der Waals surface area contributed by atoms with Crippen molar-refractivity contribution < 1.29 is 13.9 Å². The van der Waals surface area contributed by atoms with Crippen molar-refractivity contribution in [3.63, 3.8) is 0 Å². The first-order chi connectivity index (χ1) is 14.6. The molecule has 0 saturated carbocycles. The molecule has 1 N–H and O–H groups in total. The van der Waals surface area contributed by atoms with Crippen molar-refractivity contribution in [3.8, 4) is 23.0 Å². The molecule has 164 valence electrons. The van der Waals surface area contributed by atoms with Gasteiger partial charge in [-0.25, -0.2) is 8.78 Å². The molecule has 1 unspecified atom stereocenters. The number of benzene rings is 1. The first kappa shape index (κ1) is 22.9. The van der Waals surface area contributed by atoms with Crippen molar-refractivity contribution in [2.24, 2.45) is 5.92 Å². The molecule has 0 radical (unpaired) electrons. The van der Waals surface area contributed by atoms with Gasteiger partial charge in [0.15, 0.2) is 0 Å². The van der Waals surface area contributed by atoms with Crippen LogP contribution in [0.15, 0.2) is 12.1 Å². The monoisotopic (exact) mass is 447 g/mol.